The van der Waals surface area contributed by atoms with E-state index in [1.165, 1.54) is 25.7 Å². The van der Waals surface area contributed by atoms with Crippen LogP contribution in [0.3, 0.4) is 0 Å². The van der Waals surface area contributed by atoms with E-state index in [2.05, 4.69) is 12.2 Å². The Kier molecular flexibility index (Phi) is 4.79. The molecule has 3 atom stereocenters. The van der Waals surface area contributed by atoms with Gasteiger partial charge in [0, 0.05) is 0 Å². The Morgan fingerprint density at radius 2 is 1.93 bits per heavy atom. The summed E-state index contributed by atoms with van der Waals surface area (Å²) in [6.07, 6.45) is 2.79. The zero-order valence-electron chi connectivity index (χ0n) is 9.10. The molecule has 1 aliphatic carbocycles. The van der Waals surface area contributed by atoms with Gasteiger partial charge in [0.05, 0.1) is 6.04 Å². The standard InChI is InChI=1S/C11H21F2N/c1-8-5-3-4-6-10(8)7-14-9(2)11(12)13/h8-11,14H,3-7H2,1-2H3. The number of halogens is 2. The van der Waals surface area contributed by atoms with E-state index in [1.54, 1.807) is 6.92 Å². The van der Waals surface area contributed by atoms with Crippen LogP contribution in [0, 0.1) is 11.8 Å². The Morgan fingerprint density at radius 3 is 2.50 bits per heavy atom. The minimum absolute atomic E-state index is 0.602. The molecular formula is C11H21F2N. The molecule has 1 fully saturated rings. The zero-order chi connectivity index (χ0) is 10.6. The molecule has 0 saturated heterocycles. The lowest BCUT2D eigenvalue weighted by molar-refractivity contribution is 0.0996. The predicted octanol–water partition coefficient (Wildman–Crippen LogP) is 3.06. The summed E-state index contributed by atoms with van der Waals surface area (Å²) in [7, 11) is 0. The van der Waals surface area contributed by atoms with E-state index in [9.17, 15) is 8.78 Å². The molecule has 84 valence electrons. The molecule has 1 aliphatic rings. The number of rotatable bonds is 4. The molecule has 0 aromatic carbocycles. The molecule has 3 heteroatoms. The summed E-state index contributed by atoms with van der Waals surface area (Å²) in [6.45, 7) is 4.55. The fourth-order valence-electron chi connectivity index (χ4n) is 2.12. The van der Waals surface area contributed by atoms with Gasteiger partial charge >= 0.3 is 0 Å². The smallest absolute Gasteiger partial charge is 0.253 e. The maximum absolute atomic E-state index is 12.2. The quantitative estimate of drug-likeness (QED) is 0.743. The van der Waals surface area contributed by atoms with Gasteiger partial charge in [-0.3, -0.25) is 0 Å². The molecule has 1 nitrogen and oxygen atoms in total. The number of hydrogen-bond acceptors (Lipinski definition) is 1. The fourth-order valence-corrected chi connectivity index (χ4v) is 2.12. The van der Waals surface area contributed by atoms with Crippen LogP contribution in [0.5, 0.6) is 0 Å². The van der Waals surface area contributed by atoms with Gasteiger partial charge in [-0.2, -0.15) is 0 Å². The van der Waals surface area contributed by atoms with E-state index in [-0.39, 0.29) is 0 Å². The molecule has 1 saturated carbocycles. The third kappa shape index (κ3) is 3.52. The van der Waals surface area contributed by atoms with Crippen LogP contribution in [0.15, 0.2) is 0 Å². The van der Waals surface area contributed by atoms with Gasteiger partial charge in [-0.05, 0) is 31.7 Å². The molecule has 0 radical (unpaired) electrons. The van der Waals surface area contributed by atoms with Crippen LogP contribution >= 0.6 is 0 Å². The van der Waals surface area contributed by atoms with Crippen LogP contribution in [0.1, 0.15) is 39.5 Å². The Balaban J connectivity index is 2.22. The van der Waals surface area contributed by atoms with Crippen molar-refractivity contribution in [3.8, 4) is 0 Å². The molecule has 1 rings (SSSR count). The van der Waals surface area contributed by atoms with Gasteiger partial charge in [-0.25, -0.2) is 8.78 Å². The van der Waals surface area contributed by atoms with Crippen LogP contribution in [0.2, 0.25) is 0 Å². The van der Waals surface area contributed by atoms with E-state index in [0.717, 1.165) is 6.54 Å². The third-order valence-corrected chi connectivity index (χ3v) is 3.37. The molecule has 0 aromatic heterocycles. The maximum atomic E-state index is 12.2. The van der Waals surface area contributed by atoms with Crippen LogP contribution in [0.25, 0.3) is 0 Å². The van der Waals surface area contributed by atoms with E-state index >= 15 is 0 Å². The number of nitrogens with one attached hydrogen (secondary N) is 1. The van der Waals surface area contributed by atoms with Gasteiger partial charge in [0.2, 0.25) is 0 Å². The highest BCUT2D eigenvalue weighted by Crippen LogP contribution is 2.28. The summed E-state index contributed by atoms with van der Waals surface area (Å²) in [5.41, 5.74) is 0. The van der Waals surface area contributed by atoms with Crippen molar-refractivity contribution in [2.24, 2.45) is 11.8 Å². The molecule has 1 N–H and O–H groups in total. The highest BCUT2D eigenvalue weighted by atomic mass is 19.3. The largest absolute Gasteiger partial charge is 0.309 e. The summed E-state index contributed by atoms with van der Waals surface area (Å²) in [6, 6.07) is -0.663. The first-order chi connectivity index (χ1) is 6.61. The highest BCUT2D eigenvalue weighted by Gasteiger charge is 2.22. The van der Waals surface area contributed by atoms with Gasteiger partial charge in [0.25, 0.3) is 6.43 Å². The van der Waals surface area contributed by atoms with Gasteiger partial charge in [0.15, 0.2) is 0 Å². The first-order valence-corrected chi connectivity index (χ1v) is 5.62. The van der Waals surface area contributed by atoms with E-state index in [4.69, 9.17) is 0 Å². The summed E-state index contributed by atoms with van der Waals surface area (Å²) in [5.74, 6) is 1.30. The molecule has 3 unspecified atom stereocenters. The predicted molar refractivity (Wildman–Crippen MR) is 54.6 cm³/mol. The van der Waals surface area contributed by atoms with Crippen molar-refractivity contribution in [2.75, 3.05) is 6.54 Å². The second-order valence-corrected chi connectivity index (χ2v) is 4.55. The summed E-state index contributed by atoms with van der Waals surface area (Å²) in [5, 5.41) is 2.93. The Bertz CT molecular complexity index is 161. The molecule has 0 amide bonds. The first kappa shape index (κ1) is 11.9. The molecule has 0 spiro atoms. The monoisotopic (exact) mass is 205 g/mol. The van der Waals surface area contributed by atoms with Crippen LogP contribution < -0.4 is 5.32 Å². The number of hydrogen-bond donors (Lipinski definition) is 1. The average molecular weight is 205 g/mol. The summed E-state index contributed by atoms with van der Waals surface area (Å²) < 4.78 is 24.4. The van der Waals surface area contributed by atoms with Crippen molar-refractivity contribution in [3.63, 3.8) is 0 Å². The topological polar surface area (TPSA) is 12.0 Å². The molecule has 0 aromatic rings. The van der Waals surface area contributed by atoms with Crippen molar-refractivity contribution in [1.29, 1.82) is 0 Å². The van der Waals surface area contributed by atoms with Gasteiger partial charge in [-0.1, -0.05) is 26.2 Å². The molecule has 0 bridgehead atoms. The van der Waals surface area contributed by atoms with Crippen molar-refractivity contribution < 1.29 is 8.78 Å². The SMILES string of the molecule is CC1CCCCC1CNC(C)C(F)F. The van der Waals surface area contributed by atoms with Crippen molar-refractivity contribution in [1.82, 2.24) is 5.32 Å². The fraction of sp³-hybridized carbons (Fsp3) is 1.00. The maximum Gasteiger partial charge on any atom is 0.253 e. The minimum Gasteiger partial charge on any atom is -0.309 e. The van der Waals surface area contributed by atoms with Crippen LogP contribution in [0.4, 0.5) is 8.78 Å². The molecule has 14 heavy (non-hydrogen) atoms. The molecular weight excluding hydrogens is 184 g/mol. The van der Waals surface area contributed by atoms with E-state index < -0.39 is 12.5 Å². The second-order valence-electron chi connectivity index (χ2n) is 4.55. The molecule has 0 aliphatic heterocycles. The zero-order valence-corrected chi connectivity index (χ0v) is 9.10. The lowest BCUT2D eigenvalue weighted by atomic mass is 9.80. The van der Waals surface area contributed by atoms with E-state index in [1.807, 2.05) is 0 Å². The van der Waals surface area contributed by atoms with Crippen molar-refractivity contribution in [3.05, 3.63) is 0 Å². The normalized spacial score (nSPS) is 30.6. The Morgan fingerprint density at radius 1 is 1.29 bits per heavy atom. The lowest BCUT2D eigenvalue weighted by Crippen LogP contribution is -2.38. The summed E-state index contributed by atoms with van der Waals surface area (Å²) in [4.78, 5) is 0. The van der Waals surface area contributed by atoms with Crippen LogP contribution in [-0.4, -0.2) is 19.0 Å². The van der Waals surface area contributed by atoms with Gasteiger partial charge < -0.3 is 5.32 Å². The lowest BCUT2D eigenvalue weighted by Gasteiger charge is -2.29. The average Bonchev–Trinajstić information content (AvgIpc) is 2.16. The summed E-state index contributed by atoms with van der Waals surface area (Å²) >= 11 is 0. The van der Waals surface area contributed by atoms with Crippen LogP contribution in [-0.2, 0) is 0 Å². The Hall–Kier alpha value is -0.180. The van der Waals surface area contributed by atoms with Gasteiger partial charge in [0.1, 0.15) is 0 Å². The highest BCUT2D eigenvalue weighted by molar-refractivity contribution is 4.75. The van der Waals surface area contributed by atoms with Crippen molar-refractivity contribution >= 4 is 0 Å². The van der Waals surface area contributed by atoms with Gasteiger partial charge in [-0.15, -0.1) is 0 Å². The molecule has 0 heterocycles. The first-order valence-electron chi connectivity index (χ1n) is 5.62. The Labute approximate surface area is 85.3 Å². The second kappa shape index (κ2) is 5.64. The van der Waals surface area contributed by atoms with Crippen molar-refractivity contribution in [2.45, 2.75) is 52.0 Å². The minimum atomic E-state index is -2.24. The van der Waals surface area contributed by atoms with E-state index in [0.29, 0.717) is 11.8 Å². The number of alkyl halides is 2. The third-order valence-electron chi connectivity index (χ3n) is 3.37.